The van der Waals surface area contributed by atoms with Gasteiger partial charge in [0.15, 0.2) is 0 Å². The average molecular weight is 329 g/mol. The van der Waals surface area contributed by atoms with Gasteiger partial charge in [-0.1, -0.05) is 32.1 Å². The van der Waals surface area contributed by atoms with Crippen molar-refractivity contribution >= 4 is 22.9 Å². The minimum atomic E-state index is -0.0174. The Morgan fingerprint density at radius 1 is 1.43 bits per heavy atom. The van der Waals surface area contributed by atoms with Gasteiger partial charge in [0, 0.05) is 30.6 Å². The largest absolute Gasteiger partial charge is 0.381 e. The van der Waals surface area contributed by atoms with Crippen LogP contribution in [0.5, 0.6) is 0 Å². The third-order valence-corrected chi connectivity index (χ3v) is 4.60. The second kappa shape index (κ2) is 7.92. The van der Waals surface area contributed by atoms with Gasteiger partial charge in [-0.2, -0.15) is 0 Å². The highest BCUT2D eigenvalue weighted by Gasteiger charge is 2.17. The van der Waals surface area contributed by atoms with Crippen LogP contribution in [0.15, 0.2) is 42.3 Å². The number of anilines is 1. The molecule has 0 radical (unpaired) electrons. The first kappa shape index (κ1) is 17.2. The van der Waals surface area contributed by atoms with E-state index in [0.717, 1.165) is 16.4 Å². The van der Waals surface area contributed by atoms with Crippen LogP contribution < -0.4 is 5.32 Å². The second-order valence-electron chi connectivity index (χ2n) is 5.71. The molecule has 122 valence electrons. The van der Waals surface area contributed by atoms with Crippen molar-refractivity contribution in [3.63, 3.8) is 0 Å². The summed E-state index contributed by atoms with van der Waals surface area (Å²) in [5, 5.41) is 6.34. The first-order valence-electron chi connectivity index (χ1n) is 7.66. The molecule has 1 heterocycles. The first-order chi connectivity index (χ1) is 11.0. The monoisotopic (exact) mass is 329 g/mol. The molecule has 1 aromatic carbocycles. The molecule has 1 N–H and O–H groups in total. The summed E-state index contributed by atoms with van der Waals surface area (Å²) in [6, 6.07) is 7.53. The molecule has 2 rings (SSSR count). The van der Waals surface area contributed by atoms with Crippen LogP contribution in [-0.2, 0) is 6.54 Å². The Hall–Kier alpha value is -2.14. The van der Waals surface area contributed by atoms with Crippen LogP contribution in [0.2, 0.25) is 0 Å². The van der Waals surface area contributed by atoms with Crippen molar-refractivity contribution in [2.45, 2.75) is 26.3 Å². The van der Waals surface area contributed by atoms with E-state index in [9.17, 15) is 4.79 Å². The van der Waals surface area contributed by atoms with E-state index in [-0.39, 0.29) is 5.91 Å². The highest BCUT2D eigenvalue weighted by Crippen LogP contribution is 2.21. The Morgan fingerprint density at radius 2 is 2.17 bits per heavy atom. The maximum Gasteiger partial charge on any atom is 0.256 e. The highest BCUT2D eigenvalue weighted by molar-refractivity contribution is 7.09. The third-order valence-electron chi connectivity index (χ3n) is 3.40. The zero-order chi connectivity index (χ0) is 16.8. The molecule has 1 amide bonds. The summed E-state index contributed by atoms with van der Waals surface area (Å²) in [4.78, 5) is 19.0. The van der Waals surface area contributed by atoms with Crippen molar-refractivity contribution in [3.8, 4) is 0 Å². The fraction of sp³-hybridized carbons (Fsp3) is 0.333. The lowest BCUT2D eigenvalue weighted by molar-refractivity contribution is 0.0784. The van der Waals surface area contributed by atoms with Crippen molar-refractivity contribution in [1.29, 1.82) is 0 Å². The fourth-order valence-corrected chi connectivity index (χ4v) is 3.01. The van der Waals surface area contributed by atoms with E-state index in [2.05, 4.69) is 30.7 Å². The average Bonchev–Trinajstić information content (AvgIpc) is 3.01. The minimum Gasteiger partial charge on any atom is -0.381 e. The predicted molar refractivity (Wildman–Crippen MR) is 97.1 cm³/mol. The van der Waals surface area contributed by atoms with E-state index < -0.39 is 0 Å². The molecule has 0 bridgehead atoms. The summed E-state index contributed by atoms with van der Waals surface area (Å²) in [5.41, 5.74) is 2.42. The van der Waals surface area contributed by atoms with E-state index in [1.165, 1.54) is 0 Å². The number of carbonyl (C=O) groups is 1. The van der Waals surface area contributed by atoms with Crippen LogP contribution in [0.25, 0.3) is 0 Å². The van der Waals surface area contributed by atoms with Gasteiger partial charge in [-0.15, -0.1) is 17.9 Å². The lowest BCUT2D eigenvalue weighted by atomic mass is 10.1. The number of hydrogen-bond donors (Lipinski definition) is 1. The van der Waals surface area contributed by atoms with Gasteiger partial charge >= 0.3 is 0 Å². The summed E-state index contributed by atoms with van der Waals surface area (Å²) in [6.45, 7) is 9.08. The molecule has 0 aliphatic carbocycles. The number of para-hydroxylation sites is 1. The standard InChI is InChI=1S/C18H23N3OS/c1-5-10-19-16-9-7-6-8-15(16)18(22)21(4)11-14-12-23-17(20-14)13(2)3/h5-9,12-13,19H,1,10-11H2,2-4H3. The zero-order valence-electron chi connectivity index (χ0n) is 13.9. The van der Waals surface area contributed by atoms with Crippen LogP contribution >= 0.6 is 11.3 Å². The predicted octanol–water partition coefficient (Wildman–Crippen LogP) is 4.14. The molecule has 0 fully saturated rings. The maximum atomic E-state index is 12.7. The van der Waals surface area contributed by atoms with Gasteiger partial charge in [0.2, 0.25) is 0 Å². The quantitative estimate of drug-likeness (QED) is 0.777. The number of aromatic nitrogens is 1. The van der Waals surface area contributed by atoms with Crippen molar-refractivity contribution in [1.82, 2.24) is 9.88 Å². The molecule has 0 spiro atoms. The molecule has 0 aliphatic heterocycles. The fourth-order valence-electron chi connectivity index (χ4n) is 2.19. The number of nitrogens with one attached hydrogen (secondary N) is 1. The number of rotatable bonds is 7. The molecule has 0 aliphatic rings. The number of nitrogens with zero attached hydrogens (tertiary/aromatic N) is 2. The lowest BCUT2D eigenvalue weighted by Crippen LogP contribution is -2.27. The van der Waals surface area contributed by atoms with Crippen molar-refractivity contribution in [3.05, 3.63) is 58.6 Å². The number of hydrogen-bond acceptors (Lipinski definition) is 4. The molecule has 1 aromatic heterocycles. The summed E-state index contributed by atoms with van der Waals surface area (Å²) in [6.07, 6.45) is 1.77. The van der Waals surface area contributed by atoms with Crippen LogP contribution in [-0.4, -0.2) is 29.4 Å². The van der Waals surface area contributed by atoms with Gasteiger partial charge in [0.25, 0.3) is 5.91 Å². The third kappa shape index (κ3) is 4.42. The smallest absolute Gasteiger partial charge is 0.256 e. The van der Waals surface area contributed by atoms with E-state index >= 15 is 0 Å². The molecule has 2 aromatic rings. The summed E-state index contributed by atoms with van der Waals surface area (Å²) in [7, 11) is 1.81. The number of amides is 1. The topological polar surface area (TPSA) is 45.2 Å². The lowest BCUT2D eigenvalue weighted by Gasteiger charge is -2.18. The van der Waals surface area contributed by atoms with Gasteiger partial charge in [-0.05, 0) is 12.1 Å². The van der Waals surface area contributed by atoms with Crippen LogP contribution in [0.3, 0.4) is 0 Å². The minimum absolute atomic E-state index is 0.0174. The van der Waals surface area contributed by atoms with Crippen LogP contribution in [0.4, 0.5) is 5.69 Å². The molecule has 5 heteroatoms. The molecule has 4 nitrogen and oxygen atoms in total. The molecule has 0 saturated heterocycles. The van der Waals surface area contributed by atoms with Gasteiger partial charge in [-0.25, -0.2) is 4.98 Å². The van der Waals surface area contributed by atoms with Crippen LogP contribution in [0, 0.1) is 0 Å². The molecule has 0 atom stereocenters. The van der Waals surface area contributed by atoms with Gasteiger partial charge < -0.3 is 10.2 Å². The Kier molecular flexibility index (Phi) is 5.93. The molecular weight excluding hydrogens is 306 g/mol. The second-order valence-corrected chi connectivity index (χ2v) is 6.60. The van der Waals surface area contributed by atoms with Crippen molar-refractivity contribution < 1.29 is 4.79 Å². The Bertz CT molecular complexity index is 678. The van der Waals surface area contributed by atoms with E-state index in [1.807, 2.05) is 29.6 Å². The van der Waals surface area contributed by atoms with Crippen LogP contribution in [0.1, 0.15) is 40.8 Å². The van der Waals surface area contributed by atoms with Gasteiger partial charge in [0.05, 0.1) is 22.8 Å². The van der Waals surface area contributed by atoms with Crippen molar-refractivity contribution in [2.75, 3.05) is 18.9 Å². The number of thiazole rings is 1. The Balaban J connectivity index is 2.11. The Morgan fingerprint density at radius 3 is 2.83 bits per heavy atom. The SMILES string of the molecule is C=CCNc1ccccc1C(=O)N(C)Cc1csc(C(C)C)n1. The highest BCUT2D eigenvalue weighted by atomic mass is 32.1. The number of carbonyl (C=O) groups excluding carboxylic acids is 1. The summed E-state index contributed by atoms with van der Waals surface area (Å²) < 4.78 is 0. The van der Waals surface area contributed by atoms with Gasteiger partial charge in [-0.3, -0.25) is 4.79 Å². The molecular formula is C18H23N3OS. The maximum absolute atomic E-state index is 12.7. The van der Waals surface area contributed by atoms with Crippen molar-refractivity contribution in [2.24, 2.45) is 0 Å². The first-order valence-corrected chi connectivity index (χ1v) is 8.54. The molecule has 23 heavy (non-hydrogen) atoms. The molecule has 0 saturated carbocycles. The summed E-state index contributed by atoms with van der Waals surface area (Å²) >= 11 is 1.65. The van der Waals surface area contributed by atoms with E-state index in [4.69, 9.17) is 0 Å². The zero-order valence-corrected chi connectivity index (χ0v) is 14.7. The summed E-state index contributed by atoms with van der Waals surface area (Å²) in [5.74, 6) is 0.398. The number of benzene rings is 1. The van der Waals surface area contributed by atoms with E-state index in [0.29, 0.717) is 24.6 Å². The van der Waals surface area contributed by atoms with Gasteiger partial charge in [0.1, 0.15) is 0 Å². The normalized spacial score (nSPS) is 10.6. The van der Waals surface area contributed by atoms with E-state index in [1.54, 1.807) is 29.4 Å². The molecule has 0 unspecified atom stereocenters. The Labute approximate surface area is 141 Å².